The van der Waals surface area contributed by atoms with E-state index >= 15 is 0 Å². The molecule has 1 aromatic heterocycles. The maximum absolute atomic E-state index is 14.1. The Bertz CT molecular complexity index is 510. The van der Waals surface area contributed by atoms with Gasteiger partial charge in [-0.2, -0.15) is 0 Å². The second-order valence-corrected chi connectivity index (χ2v) is 6.09. The van der Waals surface area contributed by atoms with Gasteiger partial charge >= 0.3 is 0 Å². The molecule has 0 spiro atoms. The standard InChI is InChI=1S/C15H24FN3O2/c1-5-10-12(16)13(19-9-18-10)17-8-15(20)7-11(21-6-2)14(15,3)4/h9,11,20H,5-8H2,1-4H3,(H,17,18,19). The van der Waals surface area contributed by atoms with Gasteiger partial charge in [0.25, 0.3) is 0 Å². The van der Waals surface area contributed by atoms with Crippen LogP contribution in [0, 0.1) is 11.2 Å². The van der Waals surface area contributed by atoms with Crippen molar-refractivity contribution in [3.8, 4) is 0 Å². The highest BCUT2D eigenvalue weighted by Crippen LogP contribution is 2.51. The van der Waals surface area contributed by atoms with E-state index in [9.17, 15) is 9.50 Å². The highest BCUT2D eigenvalue weighted by molar-refractivity contribution is 5.38. The maximum Gasteiger partial charge on any atom is 0.186 e. The molecule has 21 heavy (non-hydrogen) atoms. The number of hydrogen-bond donors (Lipinski definition) is 2. The molecule has 0 bridgehead atoms. The average Bonchev–Trinajstić information content (AvgIpc) is 2.46. The lowest BCUT2D eigenvalue weighted by Gasteiger charge is -2.58. The molecule has 1 aliphatic carbocycles. The molecule has 1 fully saturated rings. The van der Waals surface area contributed by atoms with Crippen molar-refractivity contribution >= 4 is 5.82 Å². The fraction of sp³-hybridized carbons (Fsp3) is 0.733. The Balaban J connectivity index is 2.04. The summed E-state index contributed by atoms with van der Waals surface area (Å²) in [5, 5.41) is 13.6. The van der Waals surface area contributed by atoms with Crippen LogP contribution in [0.2, 0.25) is 0 Å². The van der Waals surface area contributed by atoms with Crippen molar-refractivity contribution in [2.24, 2.45) is 5.41 Å². The normalized spacial score (nSPS) is 27.2. The van der Waals surface area contributed by atoms with Gasteiger partial charge in [0.1, 0.15) is 6.33 Å². The Hall–Kier alpha value is -1.27. The van der Waals surface area contributed by atoms with Crippen LogP contribution in [0.4, 0.5) is 10.2 Å². The summed E-state index contributed by atoms with van der Waals surface area (Å²) in [5.41, 5.74) is -0.941. The summed E-state index contributed by atoms with van der Waals surface area (Å²) >= 11 is 0. The predicted octanol–water partition coefficient (Wildman–Crippen LogP) is 2.16. The maximum atomic E-state index is 14.1. The van der Waals surface area contributed by atoms with Gasteiger partial charge in [0, 0.05) is 25.0 Å². The Morgan fingerprint density at radius 3 is 2.71 bits per heavy atom. The number of hydrogen-bond acceptors (Lipinski definition) is 5. The van der Waals surface area contributed by atoms with Crippen LogP contribution in [0.5, 0.6) is 0 Å². The molecule has 1 heterocycles. The molecule has 118 valence electrons. The van der Waals surface area contributed by atoms with Crippen LogP contribution in [0.1, 0.15) is 39.8 Å². The molecule has 5 nitrogen and oxygen atoms in total. The first-order chi connectivity index (χ1) is 9.85. The molecule has 6 heteroatoms. The third-order valence-electron chi connectivity index (χ3n) is 4.64. The van der Waals surface area contributed by atoms with Crippen LogP contribution in [-0.4, -0.2) is 39.9 Å². The minimum Gasteiger partial charge on any atom is -0.387 e. The zero-order chi connectivity index (χ0) is 15.7. The van der Waals surface area contributed by atoms with Gasteiger partial charge in [0.15, 0.2) is 11.6 Å². The van der Waals surface area contributed by atoms with E-state index in [0.717, 1.165) is 0 Å². The van der Waals surface area contributed by atoms with Crippen LogP contribution in [-0.2, 0) is 11.2 Å². The number of halogens is 1. The van der Waals surface area contributed by atoms with Gasteiger partial charge in [0.2, 0.25) is 0 Å². The van der Waals surface area contributed by atoms with Crippen molar-refractivity contribution in [1.82, 2.24) is 9.97 Å². The Labute approximate surface area is 125 Å². The number of anilines is 1. The first-order valence-electron chi connectivity index (χ1n) is 7.43. The molecule has 2 rings (SSSR count). The van der Waals surface area contributed by atoms with E-state index in [1.54, 1.807) is 0 Å². The number of aryl methyl sites for hydroxylation is 1. The lowest BCUT2D eigenvalue weighted by atomic mass is 9.56. The minimum absolute atomic E-state index is 0.0238. The lowest BCUT2D eigenvalue weighted by molar-refractivity contribution is -0.233. The first kappa shape index (κ1) is 16.1. The van der Waals surface area contributed by atoms with Crippen molar-refractivity contribution < 1.29 is 14.2 Å². The van der Waals surface area contributed by atoms with Crippen molar-refractivity contribution in [2.75, 3.05) is 18.5 Å². The van der Waals surface area contributed by atoms with Crippen molar-refractivity contribution in [3.63, 3.8) is 0 Å². The second kappa shape index (κ2) is 5.85. The monoisotopic (exact) mass is 297 g/mol. The topological polar surface area (TPSA) is 67.3 Å². The Kier molecular flexibility index (Phi) is 4.49. The van der Waals surface area contributed by atoms with Gasteiger partial charge in [0.05, 0.1) is 17.4 Å². The third kappa shape index (κ3) is 2.74. The van der Waals surface area contributed by atoms with Gasteiger partial charge in [-0.25, -0.2) is 14.4 Å². The van der Waals surface area contributed by atoms with E-state index in [1.165, 1.54) is 6.33 Å². The molecule has 1 aromatic rings. The van der Waals surface area contributed by atoms with Crippen molar-refractivity contribution in [2.45, 2.75) is 52.2 Å². The molecule has 2 unspecified atom stereocenters. The molecular weight excluding hydrogens is 273 g/mol. The highest BCUT2D eigenvalue weighted by Gasteiger charge is 2.59. The lowest BCUT2D eigenvalue weighted by Crippen LogP contribution is -2.67. The Morgan fingerprint density at radius 2 is 2.14 bits per heavy atom. The Morgan fingerprint density at radius 1 is 1.43 bits per heavy atom. The minimum atomic E-state index is -0.934. The van der Waals surface area contributed by atoms with Crippen LogP contribution >= 0.6 is 0 Å². The molecule has 0 radical (unpaired) electrons. The molecule has 2 N–H and O–H groups in total. The first-order valence-corrected chi connectivity index (χ1v) is 7.43. The van der Waals surface area contributed by atoms with Crippen molar-refractivity contribution in [3.05, 3.63) is 17.8 Å². The van der Waals surface area contributed by atoms with Crippen LogP contribution in [0.15, 0.2) is 6.33 Å². The van der Waals surface area contributed by atoms with Crippen LogP contribution in [0.25, 0.3) is 0 Å². The van der Waals surface area contributed by atoms with Gasteiger partial charge in [-0.1, -0.05) is 20.8 Å². The molecule has 2 atom stereocenters. The van der Waals surface area contributed by atoms with E-state index in [4.69, 9.17) is 4.74 Å². The van der Waals surface area contributed by atoms with E-state index < -0.39 is 11.4 Å². The zero-order valence-electron chi connectivity index (χ0n) is 13.1. The predicted molar refractivity (Wildman–Crippen MR) is 78.6 cm³/mol. The van der Waals surface area contributed by atoms with E-state index in [-0.39, 0.29) is 23.9 Å². The van der Waals surface area contributed by atoms with Gasteiger partial charge in [-0.05, 0) is 13.3 Å². The van der Waals surface area contributed by atoms with Gasteiger partial charge < -0.3 is 15.2 Å². The molecule has 0 aliphatic heterocycles. The van der Waals surface area contributed by atoms with Crippen LogP contribution < -0.4 is 5.32 Å². The highest BCUT2D eigenvalue weighted by atomic mass is 19.1. The van der Waals surface area contributed by atoms with Gasteiger partial charge in [-0.15, -0.1) is 0 Å². The molecule has 0 aromatic carbocycles. The number of ether oxygens (including phenoxy) is 1. The molecule has 0 amide bonds. The second-order valence-electron chi connectivity index (χ2n) is 6.09. The van der Waals surface area contributed by atoms with E-state index in [1.807, 2.05) is 27.7 Å². The molecule has 1 aliphatic rings. The zero-order valence-corrected chi connectivity index (χ0v) is 13.1. The summed E-state index contributed by atoms with van der Waals surface area (Å²) in [7, 11) is 0. The summed E-state index contributed by atoms with van der Waals surface area (Å²) < 4.78 is 19.7. The summed E-state index contributed by atoms with van der Waals surface area (Å²) in [6.45, 7) is 8.57. The smallest absolute Gasteiger partial charge is 0.186 e. The molecule has 1 saturated carbocycles. The number of nitrogens with zero attached hydrogens (tertiary/aromatic N) is 2. The largest absolute Gasteiger partial charge is 0.387 e. The van der Waals surface area contributed by atoms with E-state index in [2.05, 4.69) is 15.3 Å². The van der Waals surface area contributed by atoms with Gasteiger partial charge in [-0.3, -0.25) is 0 Å². The average molecular weight is 297 g/mol. The SMILES string of the molecule is CCOC1CC(O)(CNc2ncnc(CC)c2F)C1(C)C. The summed E-state index contributed by atoms with van der Waals surface area (Å²) in [4.78, 5) is 7.80. The molecule has 0 saturated heterocycles. The number of aromatic nitrogens is 2. The van der Waals surface area contributed by atoms with Crippen LogP contribution in [0.3, 0.4) is 0 Å². The number of nitrogens with one attached hydrogen (secondary N) is 1. The molecular formula is C15H24FN3O2. The fourth-order valence-electron chi connectivity index (χ4n) is 2.77. The summed E-state index contributed by atoms with van der Waals surface area (Å²) in [6, 6.07) is 0. The fourth-order valence-corrected chi connectivity index (χ4v) is 2.77. The summed E-state index contributed by atoms with van der Waals surface area (Å²) in [6.07, 6.45) is 2.40. The summed E-state index contributed by atoms with van der Waals surface area (Å²) in [5.74, 6) is -0.298. The van der Waals surface area contributed by atoms with E-state index in [0.29, 0.717) is 25.1 Å². The number of aliphatic hydroxyl groups is 1. The third-order valence-corrected chi connectivity index (χ3v) is 4.64. The quantitative estimate of drug-likeness (QED) is 0.842. The van der Waals surface area contributed by atoms with Crippen molar-refractivity contribution in [1.29, 1.82) is 0 Å². The number of rotatable bonds is 6.